The summed E-state index contributed by atoms with van der Waals surface area (Å²) in [7, 11) is 3.09. The monoisotopic (exact) mass is 386 g/mol. The van der Waals surface area contributed by atoms with Gasteiger partial charge in [0.15, 0.2) is 11.5 Å². The van der Waals surface area contributed by atoms with Crippen LogP contribution in [0.4, 0.5) is 11.4 Å². The molecule has 0 fully saturated rings. The predicted octanol–water partition coefficient (Wildman–Crippen LogP) is 3.56. The molecule has 3 rings (SSSR count). The van der Waals surface area contributed by atoms with Crippen LogP contribution in [0.2, 0.25) is 0 Å². The van der Waals surface area contributed by atoms with Crippen LogP contribution in [-0.2, 0) is 9.59 Å². The van der Waals surface area contributed by atoms with E-state index in [1.165, 1.54) is 7.11 Å². The maximum atomic E-state index is 12.7. The number of fused-ring (bicyclic) bond motifs is 1. The highest BCUT2D eigenvalue weighted by Gasteiger charge is 2.27. The van der Waals surface area contributed by atoms with Gasteiger partial charge in [0.1, 0.15) is 6.54 Å². The minimum atomic E-state index is -0.273. The molecule has 1 heterocycles. The van der Waals surface area contributed by atoms with Gasteiger partial charge in [-0.1, -0.05) is 19.1 Å². The van der Waals surface area contributed by atoms with Crippen LogP contribution in [0.1, 0.15) is 13.3 Å². The number of nitrogens with zero attached hydrogens (tertiary/aromatic N) is 1. The number of carbonyl (C=O) groups excluding carboxylic acids is 2. The third-order valence-electron chi connectivity index (χ3n) is 4.22. The lowest BCUT2D eigenvalue weighted by Crippen LogP contribution is -2.38. The second-order valence-corrected chi connectivity index (χ2v) is 7.68. The van der Waals surface area contributed by atoms with E-state index in [-0.39, 0.29) is 23.6 Å². The first-order valence-corrected chi connectivity index (χ1v) is 9.47. The van der Waals surface area contributed by atoms with E-state index in [4.69, 9.17) is 9.47 Å². The van der Waals surface area contributed by atoms with Gasteiger partial charge in [-0.05, 0) is 24.3 Å². The molecule has 0 spiro atoms. The molecule has 2 aromatic carbocycles. The van der Waals surface area contributed by atoms with Crippen molar-refractivity contribution in [3.63, 3.8) is 0 Å². The fraction of sp³-hybridized carbons (Fsp3) is 0.300. The second kappa shape index (κ2) is 8.35. The van der Waals surface area contributed by atoms with E-state index in [1.807, 2.05) is 31.2 Å². The van der Waals surface area contributed by atoms with Crippen molar-refractivity contribution >= 4 is 35.0 Å². The molecular weight excluding hydrogens is 364 g/mol. The average Bonchev–Trinajstić information content (AvgIpc) is 2.77. The number of methoxy groups -OCH3 is 2. The molecule has 2 amide bonds. The van der Waals surface area contributed by atoms with Crippen LogP contribution < -0.4 is 19.7 Å². The summed E-state index contributed by atoms with van der Waals surface area (Å²) in [5, 5.41) is 2.99. The van der Waals surface area contributed by atoms with Crippen LogP contribution in [0.5, 0.6) is 11.5 Å². The Bertz CT molecular complexity index is 856. The zero-order chi connectivity index (χ0) is 19.4. The van der Waals surface area contributed by atoms with Crippen LogP contribution in [-0.4, -0.2) is 37.8 Å². The van der Waals surface area contributed by atoms with Crippen LogP contribution in [0, 0.1) is 0 Å². The highest BCUT2D eigenvalue weighted by atomic mass is 32.2. The molecule has 0 unspecified atom stereocenters. The number of hydrogen-bond donors (Lipinski definition) is 1. The quantitative estimate of drug-likeness (QED) is 0.851. The number of carbonyl (C=O) groups is 2. The second-order valence-electron chi connectivity index (χ2n) is 6.20. The van der Waals surface area contributed by atoms with E-state index < -0.39 is 0 Å². The standard InChI is InChI=1S/C20H22N2O4S/c1-13-10-20(24)22(15-6-4-5-7-18(15)27-13)12-19(23)21-14-8-9-16(25-2)17(11-14)26-3/h4-9,11,13H,10,12H2,1-3H3,(H,21,23)/t13-/m0/s1. The Labute approximate surface area is 162 Å². The zero-order valence-electron chi connectivity index (χ0n) is 15.5. The Hall–Kier alpha value is -2.67. The number of amides is 2. The molecule has 1 aliphatic heterocycles. The van der Waals surface area contributed by atoms with E-state index in [0.717, 1.165) is 10.6 Å². The smallest absolute Gasteiger partial charge is 0.244 e. The molecular formula is C20H22N2O4S. The number of nitrogens with one attached hydrogen (secondary N) is 1. The normalized spacial score (nSPS) is 16.3. The first-order chi connectivity index (χ1) is 13.0. The fourth-order valence-electron chi connectivity index (χ4n) is 2.96. The first kappa shape index (κ1) is 19.1. The molecule has 0 aromatic heterocycles. The van der Waals surface area contributed by atoms with Crippen molar-refractivity contribution in [1.82, 2.24) is 0 Å². The minimum absolute atomic E-state index is 0.0442. The van der Waals surface area contributed by atoms with Gasteiger partial charge in [0.25, 0.3) is 0 Å². The molecule has 0 aliphatic carbocycles. The lowest BCUT2D eigenvalue weighted by Gasteiger charge is -2.22. The van der Waals surface area contributed by atoms with E-state index in [1.54, 1.807) is 42.0 Å². The van der Waals surface area contributed by atoms with Gasteiger partial charge in [0.05, 0.1) is 19.9 Å². The Balaban J connectivity index is 1.78. The summed E-state index contributed by atoms with van der Waals surface area (Å²) in [5.74, 6) is 0.780. The molecule has 7 heteroatoms. The number of hydrogen-bond acceptors (Lipinski definition) is 5. The molecule has 1 aliphatic rings. The topological polar surface area (TPSA) is 67.9 Å². The van der Waals surface area contributed by atoms with Crippen LogP contribution in [0.3, 0.4) is 0 Å². The van der Waals surface area contributed by atoms with Crippen molar-refractivity contribution < 1.29 is 19.1 Å². The fourth-order valence-corrected chi connectivity index (χ4v) is 4.08. The summed E-state index contributed by atoms with van der Waals surface area (Å²) in [5.41, 5.74) is 1.36. The van der Waals surface area contributed by atoms with Gasteiger partial charge in [-0.2, -0.15) is 0 Å². The lowest BCUT2D eigenvalue weighted by atomic mass is 10.2. The summed E-state index contributed by atoms with van der Waals surface area (Å²) in [6.07, 6.45) is 0.392. The highest BCUT2D eigenvalue weighted by molar-refractivity contribution is 8.00. The number of anilines is 2. The van der Waals surface area contributed by atoms with E-state index in [0.29, 0.717) is 23.6 Å². The average molecular weight is 386 g/mol. The molecule has 1 N–H and O–H groups in total. The molecule has 0 bridgehead atoms. The maximum absolute atomic E-state index is 12.7. The predicted molar refractivity (Wildman–Crippen MR) is 107 cm³/mol. The molecule has 1 atom stereocenters. The molecule has 0 saturated carbocycles. The number of rotatable bonds is 5. The van der Waals surface area contributed by atoms with Crippen molar-refractivity contribution in [2.24, 2.45) is 0 Å². The lowest BCUT2D eigenvalue weighted by molar-refractivity contribution is -0.121. The molecule has 2 aromatic rings. The maximum Gasteiger partial charge on any atom is 0.244 e. The molecule has 0 radical (unpaired) electrons. The third-order valence-corrected chi connectivity index (χ3v) is 5.38. The summed E-state index contributed by atoms with van der Waals surface area (Å²) in [6.45, 7) is 1.98. The Kier molecular flexibility index (Phi) is 5.91. The molecule has 6 nitrogen and oxygen atoms in total. The van der Waals surface area contributed by atoms with E-state index >= 15 is 0 Å². The van der Waals surface area contributed by atoms with Crippen molar-refractivity contribution in [2.75, 3.05) is 31.0 Å². The number of benzene rings is 2. The Morgan fingerprint density at radius 1 is 1.19 bits per heavy atom. The summed E-state index contributed by atoms with van der Waals surface area (Å²) in [4.78, 5) is 27.8. The summed E-state index contributed by atoms with van der Waals surface area (Å²) < 4.78 is 10.5. The zero-order valence-corrected chi connectivity index (χ0v) is 16.3. The SMILES string of the molecule is COc1ccc(NC(=O)CN2C(=O)C[C@H](C)Sc3ccccc32)cc1OC. The Morgan fingerprint density at radius 2 is 1.93 bits per heavy atom. The summed E-state index contributed by atoms with van der Waals surface area (Å²) in [6, 6.07) is 12.8. The largest absolute Gasteiger partial charge is 0.493 e. The molecule has 27 heavy (non-hydrogen) atoms. The number of para-hydroxylation sites is 1. The number of thioether (sulfide) groups is 1. The van der Waals surface area contributed by atoms with Crippen molar-refractivity contribution in [3.05, 3.63) is 42.5 Å². The highest BCUT2D eigenvalue weighted by Crippen LogP contribution is 2.37. The Morgan fingerprint density at radius 3 is 2.67 bits per heavy atom. The van der Waals surface area contributed by atoms with E-state index in [9.17, 15) is 9.59 Å². The van der Waals surface area contributed by atoms with Gasteiger partial charge in [-0.15, -0.1) is 11.8 Å². The van der Waals surface area contributed by atoms with Crippen LogP contribution >= 0.6 is 11.8 Å². The van der Waals surface area contributed by atoms with Gasteiger partial charge in [0.2, 0.25) is 11.8 Å². The molecule has 142 valence electrons. The third kappa shape index (κ3) is 4.36. The van der Waals surface area contributed by atoms with Crippen molar-refractivity contribution in [2.45, 2.75) is 23.5 Å². The van der Waals surface area contributed by atoms with E-state index in [2.05, 4.69) is 5.32 Å². The van der Waals surface area contributed by atoms with Crippen LogP contribution in [0.25, 0.3) is 0 Å². The van der Waals surface area contributed by atoms with Crippen molar-refractivity contribution in [3.8, 4) is 11.5 Å². The minimum Gasteiger partial charge on any atom is -0.493 e. The first-order valence-electron chi connectivity index (χ1n) is 8.59. The van der Waals surface area contributed by atoms with Gasteiger partial charge in [-0.3, -0.25) is 9.59 Å². The van der Waals surface area contributed by atoms with Gasteiger partial charge in [0, 0.05) is 28.3 Å². The number of ether oxygens (including phenoxy) is 2. The van der Waals surface area contributed by atoms with Crippen molar-refractivity contribution in [1.29, 1.82) is 0 Å². The van der Waals surface area contributed by atoms with Gasteiger partial charge in [-0.25, -0.2) is 0 Å². The molecule has 0 saturated heterocycles. The van der Waals surface area contributed by atoms with Crippen LogP contribution in [0.15, 0.2) is 47.4 Å². The summed E-state index contributed by atoms with van der Waals surface area (Å²) >= 11 is 1.66. The van der Waals surface area contributed by atoms with Gasteiger partial charge < -0.3 is 19.7 Å². The van der Waals surface area contributed by atoms with Gasteiger partial charge >= 0.3 is 0 Å².